The summed E-state index contributed by atoms with van der Waals surface area (Å²) >= 11 is 0. The Morgan fingerprint density at radius 2 is 2.00 bits per heavy atom. The SMILES string of the molecule is CC(CNC(=O)c1ccc(O)c(O)c1)CN1CCCC1. The van der Waals surface area contributed by atoms with E-state index in [1.165, 1.54) is 31.0 Å². The Labute approximate surface area is 119 Å². The van der Waals surface area contributed by atoms with Gasteiger partial charge < -0.3 is 20.4 Å². The van der Waals surface area contributed by atoms with Gasteiger partial charge in [0.2, 0.25) is 0 Å². The largest absolute Gasteiger partial charge is 0.504 e. The van der Waals surface area contributed by atoms with E-state index in [9.17, 15) is 15.0 Å². The third-order valence-electron chi connectivity index (χ3n) is 3.62. The van der Waals surface area contributed by atoms with Gasteiger partial charge in [0.15, 0.2) is 11.5 Å². The van der Waals surface area contributed by atoms with Crippen LogP contribution in [0.5, 0.6) is 11.5 Å². The lowest BCUT2D eigenvalue weighted by atomic mass is 10.1. The maximum Gasteiger partial charge on any atom is 0.251 e. The molecule has 20 heavy (non-hydrogen) atoms. The van der Waals surface area contributed by atoms with Crippen molar-refractivity contribution in [2.24, 2.45) is 5.92 Å². The molecule has 1 atom stereocenters. The molecule has 1 aromatic carbocycles. The number of carbonyl (C=O) groups is 1. The van der Waals surface area contributed by atoms with Crippen molar-refractivity contribution in [2.75, 3.05) is 26.2 Å². The summed E-state index contributed by atoms with van der Waals surface area (Å²) in [7, 11) is 0. The number of nitrogens with zero attached hydrogens (tertiary/aromatic N) is 1. The molecule has 0 spiro atoms. The molecule has 0 radical (unpaired) electrons. The summed E-state index contributed by atoms with van der Waals surface area (Å²) in [6, 6.07) is 4.09. The van der Waals surface area contributed by atoms with Crippen LogP contribution in [0.15, 0.2) is 18.2 Å². The second kappa shape index (κ2) is 6.61. The maximum atomic E-state index is 11.9. The average Bonchev–Trinajstić information content (AvgIpc) is 2.92. The van der Waals surface area contributed by atoms with E-state index < -0.39 is 0 Å². The van der Waals surface area contributed by atoms with Gasteiger partial charge in [-0.2, -0.15) is 0 Å². The van der Waals surface area contributed by atoms with Crippen LogP contribution in [-0.2, 0) is 0 Å². The van der Waals surface area contributed by atoms with Crippen LogP contribution in [0.3, 0.4) is 0 Å². The Morgan fingerprint density at radius 1 is 1.30 bits per heavy atom. The molecule has 0 aromatic heterocycles. The molecule has 1 aliphatic rings. The van der Waals surface area contributed by atoms with Crippen LogP contribution in [0.2, 0.25) is 0 Å². The minimum Gasteiger partial charge on any atom is -0.504 e. The van der Waals surface area contributed by atoms with Gasteiger partial charge in [-0.1, -0.05) is 6.92 Å². The van der Waals surface area contributed by atoms with E-state index in [0.717, 1.165) is 19.6 Å². The number of nitrogens with one attached hydrogen (secondary N) is 1. The minimum absolute atomic E-state index is 0.219. The number of amides is 1. The third-order valence-corrected chi connectivity index (χ3v) is 3.62. The maximum absolute atomic E-state index is 11.9. The molecule has 1 saturated heterocycles. The molecular weight excluding hydrogens is 256 g/mol. The van der Waals surface area contributed by atoms with Gasteiger partial charge in [0.05, 0.1) is 0 Å². The fourth-order valence-corrected chi connectivity index (χ4v) is 2.50. The third kappa shape index (κ3) is 3.87. The molecule has 110 valence electrons. The first-order valence-electron chi connectivity index (χ1n) is 7.09. The van der Waals surface area contributed by atoms with Gasteiger partial charge in [-0.15, -0.1) is 0 Å². The lowest BCUT2D eigenvalue weighted by Gasteiger charge is -2.20. The molecule has 5 nitrogen and oxygen atoms in total. The zero-order valence-corrected chi connectivity index (χ0v) is 11.8. The van der Waals surface area contributed by atoms with E-state index in [1.54, 1.807) is 0 Å². The fraction of sp³-hybridized carbons (Fsp3) is 0.533. The monoisotopic (exact) mass is 278 g/mol. The van der Waals surface area contributed by atoms with Gasteiger partial charge >= 0.3 is 0 Å². The smallest absolute Gasteiger partial charge is 0.251 e. The minimum atomic E-state index is -0.275. The molecule has 1 fully saturated rings. The van der Waals surface area contributed by atoms with Gasteiger partial charge in [0.25, 0.3) is 5.91 Å². The lowest BCUT2D eigenvalue weighted by Crippen LogP contribution is -2.34. The predicted molar refractivity (Wildman–Crippen MR) is 76.9 cm³/mol. The van der Waals surface area contributed by atoms with Gasteiger partial charge in [-0.05, 0) is 50.0 Å². The van der Waals surface area contributed by atoms with Crippen LogP contribution in [0.4, 0.5) is 0 Å². The first-order valence-corrected chi connectivity index (χ1v) is 7.09. The molecule has 0 aliphatic carbocycles. The van der Waals surface area contributed by atoms with Crippen molar-refractivity contribution in [3.05, 3.63) is 23.8 Å². The Hall–Kier alpha value is -1.75. The zero-order valence-electron chi connectivity index (χ0n) is 11.8. The van der Waals surface area contributed by atoms with E-state index in [4.69, 9.17) is 0 Å². The summed E-state index contributed by atoms with van der Waals surface area (Å²) in [5.74, 6) is -0.331. The standard InChI is InChI=1S/C15H22N2O3/c1-11(10-17-6-2-3-7-17)9-16-15(20)12-4-5-13(18)14(19)8-12/h4-5,8,11,18-19H,2-3,6-7,9-10H2,1H3,(H,16,20). The number of phenolic OH excluding ortho intramolecular Hbond substituents is 2. The summed E-state index contributed by atoms with van der Waals surface area (Å²) in [4.78, 5) is 14.4. The number of likely N-dealkylation sites (tertiary alicyclic amines) is 1. The molecule has 1 unspecified atom stereocenters. The summed E-state index contributed by atoms with van der Waals surface area (Å²) in [5, 5.41) is 21.5. The van der Waals surface area contributed by atoms with E-state index in [-0.39, 0.29) is 17.4 Å². The highest BCUT2D eigenvalue weighted by Crippen LogP contribution is 2.24. The van der Waals surface area contributed by atoms with Crippen LogP contribution in [0, 0.1) is 5.92 Å². The van der Waals surface area contributed by atoms with Crippen molar-refractivity contribution >= 4 is 5.91 Å². The number of aromatic hydroxyl groups is 2. The van der Waals surface area contributed by atoms with Crippen LogP contribution < -0.4 is 5.32 Å². The summed E-state index contributed by atoms with van der Waals surface area (Å²) in [6.07, 6.45) is 2.54. The Balaban J connectivity index is 1.80. The quantitative estimate of drug-likeness (QED) is 0.715. The van der Waals surface area contributed by atoms with Crippen LogP contribution in [0.1, 0.15) is 30.1 Å². The molecule has 1 heterocycles. The van der Waals surface area contributed by atoms with Gasteiger partial charge in [0, 0.05) is 18.7 Å². The van der Waals surface area contributed by atoms with Crippen molar-refractivity contribution in [1.82, 2.24) is 10.2 Å². The summed E-state index contributed by atoms with van der Waals surface area (Å²) in [5.41, 5.74) is 0.355. The van der Waals surface area contributed by atoms with E-state index >= 15 is 0 Å². The van der Waals surface area contributed by atoms with Crippen LogP contribution in [-0.4, -0.2) is 47.2 Å². The number of rotatable bonds is 5. The Kier molecular flexibility index (Phi) is 4.84. The van der Waals surface area contributed by atoms with Gasteiger partial charge in [0.1, 0.15) is 0 Å². The summed E-state index contributed by atoms with van der Waals surface area (Å²) < 4.78 is 0. The van der Waals surface area contributed by atoms with Crippen molar-refractivity contribution < 1.29 is 15.0 Å². The molecule has 5 heteroatoms. The lowest BCUT2D eigenvalue weighted by molar-refractivity contribution is 0.0944. The van der Waals surface area contributed by atoms with E-state index in [2.05, 4.69) is 17.1 Å². The van der Waals surface area contributed by atoms with Crippen LogP contribution >= 0.6 is 0 Å². The van der Waals surface area contributed by atoms with Crippen molar-refractivity contribution in [3.8, 4) is 11.5 Å². The predicted octanol–water partition coefficient (Wildman–Crippen LogP) is 1.56. The number of hydrogen-bond donors (Lipinski definition) is 3. The number of hydrogen-bond acceptors (Lipinski definition) is 4. The Morgan fingerprint density at radius 3 is 2.65 bits per heavy atom. The zero-order chi connectivity index (χ0) is 14.5. The highest BCUT2D eigenvalue weighted by molar-refractivity contribution is 5.94. The fourth-order valence-electron chi connectivity index (χ4n) is 2.50. The molecule has 3 N–H and O–H groups in total. The normalized spacial score (nSPS) is 17.1. The molecule has 2 rings (SSSR count). The topological polar surface area (TPSA) is 72.8 Å². The number of phenols is 2. The second-order valence-electron chi connectivity index (χ2n) is 5.53. The van der Waals surface area contributed by atoms with E-state index in [1.807, 2.05) is 0 Å². The second-order valence-corrected chi connectivity index (χ2v) is 5.53. The Bertz CT molecular complexity index is 470. The highest BCUT2D eigenvalue weighted by atomic mass is 16.3. The molecular formula is C15H22N2O3. The summed E-state index contributed by atoms with van der Waals surface area (Å²) in [6.45, 7) is 6.04. The number of carbonyl (C=O) groups excluding carboxylic acids is 1. The van der Waals surface area contributed by atoms with Gasteiger partial charge in [-0.3, -0.25) is 4.79 Å². The van der Waals surface area contributed by atoms with Crippen LogP contribution in [0.25, 0.3) is 0 Å². The number of benzene rings is 1. The molecule has 1 aliphatic heterocycles. The molecule has 0 saturated carbocycles. The molecule has 0 bridgehead atoms. The van der Waals surface area contributed by atoms with Gasteiger partial charge in [-0.25, -0.2) is 0 Å². The first kappa shape index (κ1) is 14.7. The van der Waals surface area contributed by atoms with Crippen molar-refractivity contribution in [1.29, 1.82) is 0 Å². The van der Waals surface area contributed by atoms with Crippen molar-refractivity contribution in [2.45, 2.75) is 19.8 Å². The van der Waals surface area contributed by atoms with E-state index in [0.29, 0.717) is 18.0 Å². The molecule has 1 amide bonds. The molecule has 1 aromatic rings. The highest BCUT2D eigenvalue weighted by Gasteiger charge is 2.15. The van der Waals surface area contributed by atoms with Crippen molar-refractivity contribution in [3.63, 3.8) is 0 Å². The average molecular weight is 278 g/mol. The first-order chi connectivity index (χ1) is 9.56.